The highest BCUT2D eigenvalue weighted by Gasteiger charge is 2.16. The minimum absolute atomic E-state index is 0.0864. The number of urea groups is 2. The first-order chi connectivity index (χ1) is 17.9. The van der Waals surface area contributed by atoms with E-state index in [0.717, 1.165) is 35.4 Å². The quantitative estimate of drug-likeness (QED) is 0.205. The van der Waals surface area contributed by atoms with Gasteiger partial charge in [0.1, 0.15) is 0 Å². The number of hydrogen-bond donors (Lipinski definition) is 6. The van der Waals surface area contributed by atoms with Crippen LogP contribution in [0.15, 0.2) is 82.6 Å². The van der Waals surface area contributed by atoms with Gasteiger partial charge in [-0.3, -0.25) is 21.7 Å². The van der Waals surface area contributed by atoms with Crippen LogP contribution in [-0.4, -0.2) is 41.4 Å². The second-order valence-electron chi connectivity index (χ2n) is 8.29. The van der Waals surface area contributed by atoms with Crippen LogP contribution >= 0.6 is 0 Å². The number of carbonyl (C=O) groups excluding carboxylic acids is 2. The first kappa shape index (κ1) is 28.3. The smallest absolute Gasteiger partial charge is 0.333 e. The molecule has 14 heteroatoms. The van der Waals surface area contributed by atoms with E-state index in [1.165, 1.54) is 12.1 Å². The summed E-state index contributed by atoms with van der Waals surface area (Å²) in [7, 11) is -7.37. The summed E-state index contributed by atoms with van der Waals surface area (Å²) >= 11 is 0. The lowest BCUT2D eigenvalue weighted by molar-refractivity contribution is 0.241. The van der Waals surface area contributed by atoms with Crippen molar-refractivity contribution in [3.63, 3.8) is 0 Å². The average Bonchev–Trinajstić information content (AvgIpc) is 2.88. The van der Waals surface area contributed by atoms with Gasteiger partial charge in [-0.15, -0.1) is 0 Å². The molecule has 0 fully saturated rings. The molecule has 0 unspecified atom stereocenters. The number of sulfone groups is 2. The molecule has 0 saturated carbocycles. The topological polar surface area (TPSA) is 175 Å². The zero-order valence-corrected chi connectivity index (χ0v) is 22.2. The largest absolute Gasteiger partial charge is 0.333 e. The maximum absolute atomic E-state index is 12.2. The van der Waals surface area contributed by atoms with Gasteiger partial charge >= 0.3 is 12.1 Å². The van der Waals surface area contributed by atoms with Crippen molar-refractivity contribution < 1.29 is 26.4 Å². The van der Waals surface area contributed by atoms with Crippen molar-refractivity contribution in [3.8, 4) is 0 Å². The van der Waals surface area contributed by atoms with Crippen molar-refractivity contribution in [1.82, 2.24) is 21.5 Å². The summed E-state index contributed by atoms with van der Waals surface area (Å²) in [5.41, 5.74) is 12.7. The van der Waals surface area contributed by atoms with Crippen LogP contribution in [0.5, 0.6) is 0 Å². The van der Waals surface area contributed by atoms with Gasteiger partial charge in [0, 0.05) is 25.6 Å². The van der Waals surface area contributed by atoms with Crippen molar-refractivity contribution in [1.29, 1.82) is 0 Å². The molecule has 3 rings (SSSR count). The Labute approximate surface area is 221 Å². The van der Waals surface area contributed by atoms with E-state index < -0.39 is 31.7 Å². The fraction of sp³-hybridized carbons (Fsp3) is 0.167. The molecule has 202 valence electrons. The second kappa shape index (κ2) is 12.3. The first-order valence-electron chi connectivity index (χ1n) is 11.2. The molecule has 4 amide bonds. The Hall–Kier alpha value is -4.30. The second-order valence-corrected chi connectivity index (χ2v) is 12.3. The Morgan fingerprint density at radius 3 is 1.45 bits per heavy atom. The Morgan fingerprint density at radius 1 is 0.605 bits per heavy atom. The molecule has 0 aliphatic heterocycles. The summed E-state index contributed by atoms with van der Waals surface area (Å²) in [6.45, 7) is 0.475. The number of nitrogens with one attached hydrogen (secondary N) is 6. The van der Waals surface area contributed by atoms with Gasteiger partial charge in [0.15, 0.2) is 19.7 Å². The zero-order chi connectivity index (χ0) is 27.8. The molecule has 6 N–H and O–H groups in total. The van der Waals surface area contributed by atoms with Gasteiger partial charge in [-0.1, -0.05) is 42.5 Å². The average molecular weight is 561 g/mol. The number of hydrazine groups is 2. The molecule has 12 nitrogen and oxygen atoms in total. The molecule has 0 aliphatic carbocycles. The van der Waals surface area contributed by atoms with Crippen molar-refractivity contribution in [2.75, 3.05) is 23.4 Å². The number of rotatable bonds is 10. The van der Waals surface area contributed by atoms with E-state index in [0.29, 0.717) is 6.54 Å². The molecule has 0 bridgehead atoms. The molecule has 0 aliphatic rings. The third-order valence-electron chi connectivity index (χ3n) is 5.08. The van der Waals surface area contributed by atoms with Crippen LogP contribution in [0.3, 0.4) is 0 Å². The summed E-state index contributed by atoms with van der Waals surface area (Å²) in [5.74, 6) is 0. The van der Waals surface area contributed by atoms with Crippen LogP contribution in [0, 0.1) is 0 Å². The van der Waals surface area contributed by atoms with Gasteiger partial charge in [0.05, 0.1) is 21.2 Å². The van der Waals surface area contributed by atoms with E-state index in [2.05, 4.69) is 32.3 Å². The molecule has 3 aromatic rings. The predicted molar refractivity (Wildman–Crippen MR) is 144 cm³/mol. The van der Waals surface area contributed by atoms with Gasteiger partial charge in [0.2, 0.25) is 0 Å². The molecule has 38 heavy (non-hydrogen) atoms. The van der Waals surface area contributed by atoms with Gasteiger partial charge in [-0.25, -0.2) is 26.4 Å². The van der Waals surface area contributed by atoms with E-state index in [9.17, 15) is 26.4 Å². The van der Waals surface area contributed by atoms with E-state index >= 15 is 0 Å². The molecular formula is C24H28N6O6S2. The van der Waals surface area contributed by atoms with E-state index in [1.54, 1.807) is 12.1 Å². The standard InChI is InChI=1S/C24H28N6O6S2/c1-37(33,34)21-12-20(13-22(14-21)38(2,35)36)28-30-24(32)26-16-18-10-8-17(9-11-18)15-25-23(31)29-27-19-6-4-3-5-7-19/h3-14,27-28H,15-16H2,1-2H3,(H2,25,29,31)(H2,26,30,32). The highest BCUT2D eigenvalue weighted by Crippen LogP contribution is 2.22. The normalized spacial score (nSPS) is 11.2. The van der Waals surface area contributed by atoms with Crippen molar-refractivity contribution in [3.05, 3.63) is 83.9 Å². The first-order valence-corrected chi connectivity index (χ1v) is 15.0. The summed E-state index contributed by atoms with van der Waals surface area (Å²) in [6, 6.07) is 18.9. The maximum atomic E-state index is 12.2. The highest BCUT2D eigenvalue weighted by molar-refractivity contribution is 7.91. The fourth-order valence-corrected chi connectivity index (χ4v) is 4.52. The Bertz CT molecular complexity index is 1440. The van der Waals surface area contributed by atoms with Crippen molar-refractivity contribution >= 4 is 43.1 Å². The molecule has 0 atom stereocenters. The molecule has 0 spiro atoms. The number of para-hydroxylation sites is 1. The summed E-state index contributed by atoms with van der Waals surface area (Å²) in [6.07, 6.45) is 1.91. The van der Waals surface area contributed by atoms with Crippen LogP contribution < -0.4 is 32.3 Å². The number of benzene rings is 3. The zero-order valence-electron chi connectivity index (χ0n) is 20.6. The van der Waals surface area contributed by atoms with Gasteiger partial charge < -0.3 is 10.6 Å². The van der Waals surface area contributed by atoms with Gasteiger partial charge in [-0.2, -0.15) is 0 Å². The number of amides is 4. The van der Waals surface area contributed by atoms with Crippen molar-refractivity contribution in [2.45, 2.75) is 22.9 Å². The Balaban J connectivity index is 1.45. The van der Waals surface area contributed by atoms with E-state index in [4.69, 9.17) is 0 Å². The Kier molecular flexibility index (Phi) is 9.15. The van der Waals surface area contributed by atoms with Crippen LogP contribution in [0.4, 0.5) is 21.0 Å². The number of carbonyl (C=O) groups is 2. The highest BCUT2D eigenvalue weighted by atomic mass is 32.2. The Morgan fingerprint density at radius 2 is 1.03 bits per heavy atom. The summed E-state index contributed by atoms with van der Waals surface area (Å²) in [5, 5.41) is 5.35. The third kappa shape index (κ3) is 8.97. The predicted octanol–water partition coefficient (Wildman–Crippen LogP) is 2.15. The molecule has 3 aromatic carbocycles. The summed E-state index contributed by atoms with van der Waals surface area (Å²) < 4.78 is 47.6. The summed E-state index contributed by atoms with van der Waals surface area (Å²) in [4.78, 5) is 23.7. The van der Waals surface area contributed by atoms with Crippen molar-refractivity contribution in [2.24, 2.45) is 0 Å². The van der Waals surface area contributed by atoms with E-state index in [-0.39, 0.29) is 22.0 Å². The van der Waals surface area contributed by atoms with Crippen LogP contribution in [0.2, 0.25) is 0 Å². The fourth-order valence-electron chi connectivity index (χ4n) is 3.08. The molecular weight excluding hydrogens is 532 g/mol. The minimum Gasteiger partial charge on any atom is -0.333 e. The lowest BCUT2D eigenvalue weighted by atomic mass is 10.1. The minimum atomic E-state index is -3.68. The maximum Gasteiger partial charge on any atom is 0.333 e. The van der Waals surface area contributed by atoms with Gasteiger partial charge in [0.25, 0.3) is 0 Å². The van der Waals surface area contributed by atoms with Crippen LogP contribution in [-0.2, 0) is 32.8 Å². The monoisotopic (exact) mass is 560 g/mol. The van der Waals surface area contributed by atoms with Gasteiger partial charge in [-0.05, 0) is 41.5 Å². The van der Waals surface area contributed by atoms with Crippen LogP contribution in [0.1, 0.15) is 11.1 Å². The van der Waals surface area contributed by atoms with E-state index in [1.807, 2.05) is 42.5 Å². The molecule has 0 radical (unpaired) electrons. The third-order valence-corrected chi connectivity index (χ3v) is 7.26. The molecule has 0 aromatic heterocycles. The molecule has 0 saturated heterocycles. The van der Waals surface area contributed by atoms with Crippen LogP contribution in [0.25, 0.3) is 0 Å². The lowest BCUT2D eigenvalue weighted by Gasteiger charge is -2.13. The lowest BCUT2D eigenvalue weighted by Crippen LogP contribution is -2.38. The molecule has 0 heterocycles. The SMILES string of the molecule is CS(=O)(=O)c1cc(NNC(=O)NCc2ccc(CNC(=O)NNc3ccccc3)cc2)cc(S(C)(=O)=O)c1. The number of anilines is 2. The number of hydrogen-bond acceptors (Lipinski definition) is 8.